The molecule has 10 aromatic rings. The summed E-state index contributed by atoms with van der Waals surface area (Å²) in [6.07, 6.45) is 2.32. The maximum absolute atomic E-state index is 7.01. The van der Waals surface area contributed by atoms with Crippen molar-refractivity contribution in [2.45, 2.75) is 77.6 Å². The zero-order valence-corrected chi connectivity index (χ0v) is 41.2. The summed E-state index contributed by atoms with van der Waals surface area (Å²) in [4.78, 5) is 2.59. The Kier molecular flexibility index (Phi) is 9.40. The molecular weight excluding hydrogens is 848 g/mol. The molecule has 0 saturated heterocycles. The van der Waals surface area contributed by atoms with Crippen LogP contribution in [0.3, 0.4) is 0 Å². The van der Waals surface area contributed by atoms with Crippen molar-refractivity contribution in [3.05, 3.63) is 232 Å². The highest BCUT2D eigenvalue weighted by Crippen LogP contribution is 2.58. The Bertz CT molecular complexity index is 3700. The van der Waals surface area contributed by atoms with Crippen molar-refractivity contribution in [3.63, 3.8) is 0 Å². The number of para-hydroxylation sites is 3. The van der Waals surface area contributed by atoms with Crippen LogP contribution in [0.2, 0.25) is 0 Å². The lowest BCUT2D eigenvalue weighted by Crippen LogP contribution is -2.47. The average molecular weight is 904 g/mol. The maximum atomic E-state index is 7.01. The molecule has 0 fully saturated rings. The molecule has 339 valence electrons. The molecule has 1 radical (unpaired) electrons. The molecule has 3 nitrogen and oxygen atoms in total. The monoisotopic (exact) mass is 903 g/mol. The van der Waals surface area contributed by atoms with E-state index in [1.165, 1.54) is 89.9 Å². The van der Waals surface area contributed by atoms with Crippen LogP contribution in [-0.2, 0) is 16.2 Å². The van der Waals surface area contributed by atoms with E-state index in [2.05, 4.69) is 248 Å². The molecule has 70 heavy (non-hydrogen) atoms. The van der Waals surface area contributed by atoms with Gasteiger partial charge >= 0.3 is 0 Å². The molecule has 0 unspecified atom stereocenters. The van der Waals surface area contributed by atoms with Crippen molar-refractivity contribution in [1.82, 2.24) is 0 Å². The Balaban J connectivity index is 1.11. The van der Waals surface area contributed by atoms with E-state index in [9.17, 15) is 0 Å². The molecule has 9 aromatic carbocycles. The summed E-state index contributed by atoms with van der Waals surface area (Å²) in [5, 5.41) is 6.30. The number of nitrogens with zero attached hydrogens (tertiary/aromatic N) is 1. The Labute approximate surface area is 413 Å². The minimum atomic E-state index is -0.570. The summed E-state index contributed by atoms with van der Waals surface area (Å²) in [5.41, 5.74) is 25.6. The first-order chi connectivity index (χ1) is 33.9. The first kappa shape index (κ1) is 42.5. The third-order valence-corrected chi connectivity index (χ3v) is 16.3. The molecule has 0 amide bonds. The van der Waals surface area contributed by atoms with E-state index in [4.69, 9.17) is 4.42 Å². The number of rotatable bonds is 6. The number of benzene rings is 9. The van der Waals surface area contributed by atoms with Crippen LogP contribution in [0.15, 0.2) is 186 Å². The quantitative estimate of drug-likeness (QED) is 0.169. The summed E-state index contributed by atoms with van der Waals surface area (Å²) in [6, 6.07) is 68.1. The van der Waals surface area contributed by atoms with Crippen LogP contribution in [0, 0.1) is 20.8 Å². The van der Waals surface area contributed by atoms with Crippen LogP contribution in [0.1, 0.15) is 90.6 Å². The predicted molar refractivity (Wildman–Crippen MR) is 295 cm³/mol. The molecule has 0 spiro atoms. The van der Waals surface area contributed by atoms with Crippen LogP contribution in [0.4, 0.5) is 28.4 Å². The lowest BCUT2D eigenvalue weighted by molar-refractivity contribution is 0.332. The zero-order chi connectivity index (χ0) is 47.7. The summed E-state index contributed by atoms with van der Waals surface area (Å²) < 4.78 is 7.01. The highest BCUT2D eigenvalue weighted by Gasteiger charge is 2.48. The van der Waals surface area contributed by atoms with Gasteiger partial charge in [-0.25, -0.2) is 0 Å². The first-order valence-corrected chi connectivity index (χ1v) is 25.0. The van der Waals surface area contributed by atoms with Gasteiger partial charge in [-0.15, -0.1) is 0 Å². The minimum Gasteiger partial charge on any atom is -0.454 e. The highest BCUT2D eigenvalue weighted by molar-refractivity contribution is 6.73. The highest BCUT2D eigenvalue weighted by atomic mass is 16.3. The van der Waals surface area contributed by atoms with Crippen molar-refractivity contribution >= 4 is 68.6 Å². The number of fused-ring (bicyclic) bond motifs is 8. The lowest BCUT2D eigenvalue weighted by atomic mass is 9.54. The second-order valence-corrected chi connectivity index (χ2v) is 21.6. The summed E-state index contributed by atoms with van der Waals surface area (Å²) in [7, 11) is 2.46. The van der Waals surface area contributed by atoms with Gasteiger partial charge in [0.2, 0.25) is 0 Å². The Hall–Kier alpha value is -7.56. The van der Waals surface area contributed by atoms with Crippen molar-refractivity contribution in [2.75, 3.05) is 10.2 Å². The molecule has 0 saturated carbocycles. The molecule has 2 aliphatic heterocycles. The van der Waals surface area contributed by atoms with Crippen LogP contribution in [0.25, 0.3) is 44.2 Å². The van der Waals surface area contributed by atoms with Gasteiger partial charge in [-0.1, -0.05) is 178 Å². The van der Waals surface area contributed by atoms with Crippen LogP contribution in [0.5, 0.6) is 0 Å². The number of hydrogen-bond donors (Lipinski definition) is 1. The SMILES string of the molecule is Cc1cc(C)c(-c2cc(-c3ccc4c(oc5ccccc54)c3Nc3ccc4c(c3)C(C)(C)CCC4(C)C)c3c(c2)N2c4ccccc4C(c4ccccc4)(c4ccccc4)c4cccc(c42)[B]3)c(C)c1. The molecule has 1 N–H and O–H groups in total. The number of anilines is 5. The predicted octanol–water partition coefficient (Wildman–Crippen LogP) is 16.1. The lowest BCUT2D eigenvalue weighted by Gasteiger charge is -2.49. The third-order valence-electron chi connectivity index (χ3n) is 16.3. The van der Waals surface area contributed by atoms with Gasteiger partial charge in [0, 0.05) is 33.4 Å². The fraction of sp³-hybridized carbons (Fsp3) is 0.182. The van der Waals surface area contributed by atoms with Gasteiger partial charge in [0.1, 0.15) is 5.58 Å². The zero-order valence-electron chi connectivity index (χ0n) is 41.2. The van der Waals surface area contributed by atoms with Gasteiger partial charge < -0.3 is 14.6 Å². The second-order valence-electron chi connectivity index (χ2n) is 21.6. The molecule has 4 heteroatoms. The van der Waals surface area contributed by atoms with E-state index in [-0.39, 0.29) is 10.8 Å². The van der Waals surface area contributed by atoms with E-state index in [1.54, 1.807) is 0 Å². The minimum absolute atomic E-state index is 0.0540. The van der Waals surface area contributed by atoms with Crippen LogP contribution >= 0.6 is 0 Å². The Morgan fingerprint density at radius 2 is 1.19 bits per heavy atom. The molecule has 1 aliphatic carbocycles. The molecule has 13 rings (SSSR count). The molecule has 1 aromatic heterocycles. The van der Waals surface area contributed by atoms with Crippen molar-refractivity contribution in [2.24, 2.45) is 0 Å². The fourth-order valence-electron chi connectivity index (χ4n) is 13.0. The number of nitrogens with one attached hydrogen (secondary N) is 1. The largest absolute Gasteiger partial charge is 0.454 e. The third kappa shape index (κ3) is 6.21. The van der Waals surface area contributed by atoms with Gasteiger partial charge in [-0.05, 0) is 154 Å². The van der Waals surface area contributed by atoms with Gasteiger partial charge in [0.25, 0.3) is 0 Å². The fourth-order valence-corrected chi connectivity index (χ4v) is 13.0. The average Bonchev–Trinajstić information content (AvgIpc) is 3.75. The number of aryl methyl sites for hydroxylation is 3. The molecule has 0 bridgehead atoms. The Morgan fingerprint density at radius 3 is 1.93 bits per heavy atom. The number of furan rings is 1. The van der Waals surface area contributed by atoms with Gasteiger partial charge in [-0.3, -0.25) is 0 Å². The van der Waals surface area contributed by atoms with Gasteiger partial charge in [-0.2, -0.15) is 0 Å². The summed E-state index contributed by atoms with van der Waals surface area (Å²) >= 11 is 0. The first-order valence-electron chi connectivity index (χ1n) is 25.0. The topological polar surface area (TPSA) is 28.4 Å². The summed E-state index contributed by atoms with van der Waals surface area (Å²) in [5.74, 6) is 0. The van der Waals surface area contributed by atoms with E-state index < -0.39 is 5.41 Å². The van der Waals surface area contributed by atoms with E-state index in [1.807, 2.05) is 0 Å². The van der Waals surface area contributed by atoms with E-state index in [0.29, 0.717) is 0 Å². The van der Waals surface area contributed by atoms with Crippen LogP contribution < -0.4 is 21.1 Å². The number of hydrogen-bond acceptors (Lipinski definition) is 3. The smallest absolute Gasteiger partial charge is 0.197 e. The van der Waals surface area contributed by atoms with Crippen molar-refractivity contribution in [1.29, 1.82) is 0 Å². The molecule has 3 aliphatic rings. The maximum Gasteiger partial charge on any atom is 0.197 e. The van der Waals surface area contributed by atoms with E-state index >= 15 is 0 Å². The van der Waals surface area contributed by atoms with Gasteiger partial charge in [0.15, 0.2) is 12.9 Å². The van der Waals surface area contributed by atoms with Gasteiger partial charge in [0.05, 0.1) is 16.8 Å². The van der Waals surface area contributed by atoms with Crippen molar-refractivity contribution < 1.29 is 4.42 Å². The normalized spacial score (nSPS) is 15.7. The van der Waals surface area contributed by atoms with E-state index in [0.717, 1.165) is 56.5 Å². The molecular formula is C66H56BN2O. The second kappa shape index (κ2) is 15.5. The summed E-state index contributed by atoms with van der Waals surface area (Å²) in [6.45, 7) is 16.4. The Morgan fingerprint density at radius 1 is 0.529 bits per heavy atom. The van der Waals surface area contributed by atoms with Crippen LogP contribution in [-0.4, -0.2) is 7.28 Å². The molecule has 0 atom stereocenters. The van der Waals surface area contributed by atoms with Crippen molar-refractivity contribution in [3.8, 4) is 22.3 Å². The molecule has 3 heterocycles. The standard InChI is InChI=1S/C66H56BN2O/c1-40-35-41(2)59(42(3)36-40)43-37-50(48-30-31-49-47-23-14-17-28-58(47)70-63(49)61(48)68-46-29-32-51-54(39-46)65(6,7)34-33-64(51,4)5)60-57(38-43)69-56-27-16-15-24-52(56)66(44-19-10-8-11-20-44,45-21-12-9-13-22-45)53-25-18-26-55(67-60)62(53)69/h8-32,35-39,68H,33-34H2,1-7H3.